The molecule has 9 heteroatoms. The molecular weight excluding hydrogens is 374 g/mol. The van der Waals surface area contributed by atoms with E-state index < -0.39 is 0 Å². The third kappa shape index (κ3) is 3.76. The van der Waals surface area contributed by atoms with Crippen molar-refractivity contribution in [2.75, 3.05) is 36.8 Å². The Hall–Kier alpha value is -2.32. The van der Waals surface area contributed by atoms with E-state index in [1.807, 2.05) is 4.90 Å². The fourth-order valence-electron chi connectivity index (χ4n) is 2.80. The molecule has 1 saturated heterocycles. The Morgan fingerprint density at radius 2 is 2.08 bits per heavy atom. The van der Waals surface area contributed by atoms with Gasteiger partial charge in [0.15, 0.2) is 5.58 Å². The van der Waals surface area contributed by atoms with Gasteiger partial charge in [0.05, 0.1) is 11.9 Å². The highest BCUT2D eigenvalue weighted by atomic mass is 35.5. The minimum Gasteiger partial charge on any atom is -0.431 e. The van der Waals surface area contributed by atoms with Gasteiger partial charge in [-0.3, -0.25) is 9.78 Å². The Labute approximate surface area is 159 Å². The Kier molecular flexibility index (Phi) is 4.94. The van der Waals surface area contributed by atoms with Crippen LogP contribution in [0.2, 0.25) is 5.02 Å². The number of rotatable bonds is 4. The molecule has 1 aliphatic heterocycles. The standard InChI is InChI=1S/C17H16ClN5O2S/c18-12-1-2-14-13(9-12)21-17(25-14)26-11-16(24)23-7-5-22(6-8-23)15-10-19-3-4-20-15/h1-4,9-10H,5-8,11H2. The number of nitrogens with zero attached hydrogens (tertiary/aromatic N) is 5. The average molecular weight is 390 g/mol. The van der Waals surface area contributed by atoms with Crippen molar-refractivity contribution < 1.29 is 9.21 Å². The highest BCUT2D eigenvalue weighted by Gasteiger charge is 2.22. The zero-order valence-electron chi connectivity index (χ0n) is 13.8. The van der Waals surface area contributed by atoms with Crippen molar-refractivity contribution in [2.45, 2.75) is 5.22 Å². The lowest BCUT2D eigenvalue weighted by atomic mass is 10.3. The third-order valence-electron chi connectivity index (χ3n) is 4.16. The molecule has 2 aromatic heterocycles. The van der Waals surface area contributed by atoms with Crippen molar-refractivity contribution in [1.29, 1.82) is 0 Å². The lowest BCUT2D eigenvalue weighted by Crippen LogP contribution is -2.49. The summed E-state index contributed by atoms with van der Waals surface area (Å²) in [6, 6.07) is 5.28. The highest BCUT2D eigenvalue weighted by Crippen LogP contribution is 2.26. The first-order valence-corrected chi connectivity index (χ1v) is 9.53. The Balaban J connectivity index is 1.31. The second-order valence-electron chi connectivity index (χ2n) is 5.81. The molecule has 3 heterocycles. The molecule has 3 aromatic rings. The summed E-state index contributed by atoms with van der Waals surface area (Å²) >= 11 is 7.25. The van der Waals surface area contributed by atoms with E-state index in [4.69, 9.17) is 16.0 Å². The predicted octanol–water partition coefficient (Wildman–Crippen LogP) is 2.71. The van der Waals surface area contributed by atoms with Gasteiger partial charge in [0, 0.05) is 43.6 Å². The van der Waals surface area contributed by atoms with Crippen LogP contribution in [0.4, 0.5) is 5.82 Å². The average Bonchev–Trinajstić information content (AvgIpc) is 3.09. The number of carbonyl (C=O) groups excluding carboxylic acids is 1. The molecule has 0 radical (unpaired) electrons. The normalized spacial score (nSPS) is 14.8. The van der Waals surface area contributed by atoms with Crippen molar-refractivity contribution in [1.82, 2.24) is 19.9 Å². The topological polar surface area (TPSA) is 75.4 Å². The van der Waals surface area contributed by atoms with E-state index in [0.29, 0.717) is 40.2 Å². The molecule has 1 aliphatic rings. The van der Waals surface area contributed by atoms with E-state index in [2.05, 4.69) is 19.9 Å². The summed E-state index contributed by atoms with van der Waals surface area (Å²) in [5.41, 5.74) is 1.37. The molecule has 1 aromatic carbocycles. The molecular formula is C17H16ClN5O2S. The fourth-order valence-corrected chi connectivity index (χ4v) is 3.70. The molecule has 0 spiro atoms. The van der Waals surface area contributed by atoms with Gasteiger partial charge in [0.1, 0.15) is 11.3 Å². The van der Waals surface area contributed by atoms with Crippen molar-refractivity contribution in [3.8, 4) is 0 Å². The van der Waals surface area contributed by atoms with E-state index in [0.717, 1.165) is 18.9 Å². The maximum absolute atomic E-state index is 12.5. The molecule has 1 fully saturated rings. The van der Waals surface area contributed by atoms with Gasteiger partial charge in [-0.15, -0.1) is 0 Å². The molecule has 0 atom stereocenters. The van der Waals surface area contributed by atoms with Gasteiger partial charge in [0.2, 0.25) is 5.91 Å². The van der Waals surface area contributed by atoms with Crippen LogP contribution in [0.15, 0.2) is 46.4 Å². The van der Waals surface area contributed by atoms with Crippen LogP contribution in [0.1, 0.15) is 0 Å². The molecule has 0 saturated carbocycles. The summed E-state index contributed by atoms with van der Waals surface area (Å²) in [5.74, 6) is 1.22. The summed E-state index contributed by atoms with van der Waals surface area (Å²) in [5, 5.41) is 1.09. The Morgan fingerprint density at radius 1 is 1.23 bits per heavy atom. The van der Waals surface area contributed by atoms with Crippen LogP contribution < -0.4 is 4.90 Å². The first kappa shape index (κ1) is 17.1. The number of carbonyl (C=O) groups is 1. The number of aromatic nitrogens is 3. The summed E-state index contributed by atoms with van der Waals surface area (Å²) in [4.78, 5) is 29.2. The smallest absolute Gasteiger partial charge is 0.257 e. The minimum absolute atomic E-state index is 0.0779. The van der Waals surface area contributed by atoms with E-state index in [-0.39, 0.29) is 5.91 Å². The zero-order valence-corrected chi connectivity index (χ0v) is 15.4. The van der Waals surface area contributed by atoms with Crippen LogP contribution in [-0.4, -0.2) is 57.7 Å². The number of hydrogen-bond acceptors (Lipinski definition) is 7. The quantitative estimate of drug-likeness (QED) is 0.635. The van der Waals surface area contributed by atoms with E-state index >= 15 is 0 Å². The first-order chi connectivity index (χ1) is 12.7. The Morgan fingerprint density at radius 3 is 2.85 bits per heavy atom. The number of thioether (sulfide) groups is 1. The molecule has 26 heavy (non-hydrogen) atoms. The second-order valence-corrected chi connectivity index (χ2v) is 7.17. The van der Waals surface area contributed by atoms with Crippen molar-refractivity contribution in [3.63, 3.8) is 0 Å². The van der Waals surface area contributed by atoms with Crippen LogP contribution in [-0.2, 0) is 4.79 Å². The lowest BCUT2D eigenvalue weighted by molar-refractivity contribution is -0.128. The maximum atomic E-state index is 12.5. The van der Waals surface area contributed by atoms with Gasteiger partial charge < -0.3 is 14.2 Å². The lowest BCUT2D eigenvalue weighted by Gasteiger charge is -2.35. The molecule has 134 valence electrons. The number of piperazine rings is 1. The first-order valence-electron chi connectivity index (χ1n) is 8.17. The monoisotopic (exact) mass is 389 g/mol. The van der Waals surface area contributed by atoms with Gasteiger partial charge >= 0.3 is 0 Å². The van der Waals surface area contributed by atoms with Crippen LogP contribution in [0.3, 0.4) is 0 Å². The Bertz CT molecular complexity index is 912. The summed E-state index contributed by atoms with van der Waals surface area (Å²) in [6.45, 7) is 2.82. The number of amides is 1. The van der Waals surface area contributed by atoms with Gasteiger partial charge in [-0.25, -0.2) is 9.97 Å². The number of fused-ring (bicyclic) bond motifs is 1. The molecule has 4 rings (SSSR count). The van der Waals surface area contributed by atoms with Crippen LogP contribution in [0, 0.1) is 0 Å². The number of hydrogen-bond donors (Lipinski definition) is 0. The molecule has 0 unspecified atom stereocenters. The van der Waals surface area contributed by atoms with E-state index in [1.54, 1.807) is 36.8 Å². The van der Waals surface area contributed by atoms with Crippen LogP contribution >= 0.6 is 23.4 Å². The van der Waals surface area contributed by atoms with E-state index in [1.165, 1.54) is 11.8 Å². The fraction of sp³-hybridized carbons (Fsp3) is 0.294. The number of benzene rings is 1. The molecule has 0 aliphatic carbocycles. The molecule has 1 amide bonds. The van der Waals surface area contributed by atoms with Crippen molar-refractivity contribution >= 4 is 46.2 Å². The van der Waals surface area contributed by atoms with Crippen molar-refractivity contribution in [3.05, 3.63) is 41.8 Å². The predicted molar refractivity (Wildman–Crippen MR) is 101 cm³/mol. The summed E-state index contributed by atoms with van der Waals surface area (Å²) in [6.07, 6.45) is 5.07. The summed E-state index contributed by atoms with van der Waals surface area (Å²) in [7, 11) is 0. The largest absolute Gasteiger partial charge is 0.431 e. The molecule has 7 nitrogen and oxygen atoms in total. The third-order valence-corrected chi connectivity index (χ3v) is 5.20. The van der Waals surface area contributed by atoms with Gasteiger partial charge in [-0.2, -0.15) is 0 Å². The van der Waals surface area contributed by atoms with Gasteiger partial charge in [-0.05, 0) is 18.2 Å². The maximum Gasteiger partial charge on any atom is 0.257 e. The number of anilines is 1. The molecule has 0 bridgehead atoms. The highest BCUT2D eigenvalue weighted by molar-refractivity contribution is 7.99. The van der Waals surface area contributed by atoms with Crippen LogP contribution in [0.25, 0.3) is 11.1 Å². The number of oxazole rings is 1. The van der Waals surface area contributed by atoms with Gasteiger partial charge in [-0.1, -0.05) is 23.4 Å². The SMILES string of the molecule is O=C(CSc1nc2cc(Cl)ccc2o1)N1CCN(c2cnccn2)CC1. The van der Waals surface area contributed by atoms with Crippen LogP contribution in [0.5, 0.6) is 0 Å². The zero-order chi connectivity index (χ0) is 17.9. The minimum atomic E-state index is 0.0779. The molecule has 0 N–H and O–H groups in total. The second kappa shape index (κ2) is 7.51. The summed E-state index contributed by atoms with van der Waals surface area (Å²) < 4.78 is 5.63. The van der Waals surface area contributed by atoms with Crippen molar-refractivity contribution in [2.24, 2.45) is 0 Å². The number of halogens is 1. The van der Waals surface area contributed by atoms with E-state index in [9.17, 15) is 4.79 Å². The van der Waals surface area contributed by atoms with Gasteiger partial charge in [0.25, 0.3) is 5.22 Å².